The lowest BCUT2D eigenvalue weighted by atomic mass is 10.1. The van der Waals surface area contributed by atoms with Crippen LogP contribution in [0.25, 0.3) is 0 Å². The Kier molecular flexibility index (Phi) is 3.88. The minimum Gasteiger partial charge on any atom is -0.313 e. The fourth-order valence-electron chi connectivity index (χ4n) is 1.83. The first-order valence-corrected chi connectivity index (χ1v) is 5.06. The molecule has 13 heavy (non-hydrogen) atoms. The molecule has 0 aliphatic carbocycles. The number of ketones is 1. The second-order valence-corrected chi connectivity index (χ2v) is 4.22. The summed E-state index contributed by atoms with van der Waals surface area (Å²) in [5, 5.41) is 3.26. The summed E-state index contributed by atoms with van der Waals surface area (Å²) in [6.07, 6.45) is 0. The van der Waals surface area contributed by atoms with E-state index in [2.05, 4.69) is 24.1 Å². The zero-order valence-corrected chi connectivity index (χ0v) is 8.84. The van der Waals surface area contributed by atoms with Gasteiger partial charge in [0.2, 0.25) is 0 Å². The molecule has 0 radical (unpaired) electrons. The maximum atomic E-state index is 11.3. The molecule has 0 unspecified atom stereocenters. The molecule has 1 rings (SSSR count). The van der Waals surface area contributed by atoms with E-state index in [0.29, 0.717) is 5.92 Å². The van der Waals surface area contributed by atoms with E-state index >= 15 is 0 Å². The number of carbonyl (C=O) groups is 1. The molecule has 0 saturated carbocycles. The van der Waals surface area contributed by atoms with Crippen molar-refractivity contribution in [1.29, 1.82) is 0 Å². The van der Waals surface area contributed by atoms with Crippen LogP contribution in [0.5, 0.6) is 0 Å². The Hall–Kier alpha value is -0.410. The molecule has 0 aromatic rings. The fourth-order valence-corrected chi connectivity index (χ4v) is 1.83. The molecule has 1 fully saturated rings. The lowest BCUT2D eigenvalue weighted by Gasteiger charge is -2.35. The predicted molar refractivity (Wildman–Crippen MR) is 53.7 cm³/mol. The number of carbonyl (C=O) groups excluding carboxylic acids is 1. The van der Waals surface area contributed by atoms with E-state index in [1.807, 2.05) is 0 Å². The lowest BCUT2D eigenvalue weighted by molar-refractivity contribution is -0.122. The van der Waals surface area contributed by atoms with Crippen LogP contribution in [0.3, 0.4) is 0 Å². The largest absolute Gasteiger partial charge is 0.313 e. The van der Waals surface area contributed by atoms with Gasteiger partial charge in [0.05, 0.1) is 6.04 Å². The van der Waals surface area contributed by atoms with Crippen LogP contribution in [0.1, 0.15) is 20.8 Å². The Bertz CT molecular complexity index is 180. The van der Waals surface area contributed by atoms with E-state index in [-0.39, 0.29) is 11.8 Å². The van der Waals surface area contributed by atoms with E-state index in [4.69, 9.17) is 0 Å². The Balaban J connectivity index is 2.51. The number of rotatable bonds is 3. The first kappa shape index (κ1) is 10.7. The molecule has 1 aliphatic heterocycles. The highest BCUT2D eigenvalue weighted by Crippen LogP contribution is 2.07. The fraction of sp³-hybridized carbons (Fsp3) is 0.900. The van der Waals surface area contributed by atoms with Crippen molar-refractivity contribution in [1.82, 2.24) is 10.2 Å². The highest BCUT2D eigenvalue weighted by atomic mass is 16.1. The molecule has 1 heterocycles. The molecule has 1 aliphatic rings. The minimum absolute atomic E-state index is 0.108. The van der Waals surface area contributed by atoms with Crippen LogP contribution in [0.2, 0.25) is 0 Å². The normalized spacial score (nSPS) is 25.1. The summed E-state index contributed by atoms with van der Waals surface area (Å²) in [5.74, 6) is 0.924. The van der Waals surface area contributed by atoms with Gasteiger partial charge in [-0.05, 0) is 12.8 Å². The lowest BCUT2D eigenvalue weighted by Crippen LogP contribution is -2.55. The van der Waals surface area contributed by atoms with Crippen LogP contribution in [0.4, 0.5) is 0 Å². The van der Waals surface area contributed by atoms with Gasteiger partial charge < -0.3 is 5.32 Å². The van der Waals surface area contributed by atoms with Gasteiger partial charge in [0.1, 0.15) is 5.78 Å². The standard InChI is InChI=1S/C10H20N2O/c1-8(2)7-12-5-4-11-6-10(12)9(3)13/h8,10-11H,4-7H2,1-3H3/t10-/m0/s1. The summed E-state index contributed by atoms with van der Waals surface area (Å²) in [4.78, 5) is 13.6. The second-order valence-electron chi connectivity index (χ2n) is 4.22. The van der Waals surface area contributed by atoms with E-state index in [1.54, 1.807) is 6.92 Å². The van der Waals surface area contributed by atoms with Gasteiger partial charge in [0.15, 0.2) is 0 Å². The first-order chi connectivity index (χ1) is 6.11. The molecule has 0 aromatic carbocycles. The van der Waals surface area contributed by atoms with Crippen molar-refractivity contribution in [2.24, 2.45) is 5.92 Å². The first-order valence-electron chi connectivity index (χ1n) is 5.06. The number of piperazine rings is 1. The Labute approximate surface area is 80.5 Å². The van der Waals surface area contributed by atoms with Gasteiger partial charge in [-0.1, -0.05) is 13.8 Å². The van der Waals surface area contributed by atoms with Gasteiger partial charge in [-0.3, -0.25) is 9.69 Å². The minimum atomic E-state index is 0.108. The second kappa shape index (κ2) is 4.72. The number of Topliss-reactive ketones (excluding diaryl/α,β-unsaturated/α-hetero) is 1. The molecule has 0 spiro atoms. The average Bonchev–Trinajstić information content (AvgIpc) is 2.03. The predicted octanol–water partition coefficient (Wildman–Crippen LogP) is 0.505. The zero-order valence-electron chi connectivity index (χ0n) is 8.84. The van der Waals surface area contributed by atoms with Gasteiger partial charge in [-0.25, -0.2) is 0 Å². The molecule has 3 nitrogen and oxygen atoms in total. The van der Waals surface area contributed by atoms with Gasteiger partial charge in [0.25, 0.3) is 0 Å². The number of hydrogen-bond donors (Lipinski definition) is 1. The van der Waals surface area contributed by atoms with Crippen LogP contribution >= 0.6 is 0 Å². The molecule has 76 valence electrons. The van der Waals surface area contributed by atoms with Crippen molar-refractivity contribution >= 4 is 5.78 Å². The molecular formula is C10H20N2O. The molecule has 0 aromatic heterocycles. The van der Waals surface area contributed by atoms with Crippen molar-refractivity contribution in [3.05, 3.63) is 0 Å². The van der Waals surface area contributed by atoms with Crippen molar-refractivity contribution in [3.8, 4) is 0 Å². The molecule has 1 atom stereocenters. The maximum absolute atomic E-state index is 11.3. The summed E-state index contributed by atoms with van der Waals surface area (Å²) < 4.78 is 0. The third-order valence-corrected chi connectivity index (χ3v) is 2.42. The monoisotopic (exact) mass is 184 g/mol. The highest BCUT2D eigenvalue weighted by molar-refractivity contribution is 5.81. The molecule has 0 amide bonds. The number of nitrogens with zero attached hydrogens (tertiary/aromatic N) is 1. The highest BCUT2D eigenvalue weighted by Gasteiger charge is 2.25. The van der Waals surface area contributed by atoms with E-state index < -0.39 is 0 Å². The third kappa shape index (κ3) is 3.08. The van der Waals surface area contributed by atoms with E-state index in [0.717, 1.165) is 26.2 Å². The SMILES string of the molecule is CC(=O)[C@@H]1CNCCN1CC(C)C. The Morgan fingerprint density at radius 1 is 1.62 bits per heavy atom. The van der Waals surface area contributed by atoms with Crippen molar-refractivity contribution in [3.63, 3.8) is 0 Å². The third-order valence-electron chi connectivity index (χ3n) is 2.42. The molecule has 3 heteroatoms. The Morgan fingerprint density at radius 3 is 2.85 bits per heavy atom. The van der Waals surface area contributed by atoms with E-state index in [9.17, 15) is 4.79 Å². The van der Waals surface area contributed by atoms with Gasteiger partial charge >= 0.3 is 0 Å². The van der Waals surface area contributed by atoms with Crippen molar-refractivity contribution in [2.75, 3.05) is 26.2 Å². The molecule has 1 saturated heterocycles. The maximum Gasteiger partial charge on any atom is 0.148 e. The number of nitrogens with one attached hydrogen (secondary N) is 1. The van der Waals surface area contributed by atoms with Crippen LogP contribution in [-0.4, -0.2) is 42.9 Å². The quantitative estimate of drug-likeness (QED) is 0.693. The summed E-state index contributed by atoms with van der Waals surface area (Å²) >= 11 is 0. The number of hydrogen-bond acceptors (Lipinski definition) is 3. The van der Waals surface area contributed by atoms with Crippen LogP contribution in [-0.2, 0) is 4.79 Å². The molecule has 0 bridgehead atoms. The van der Waals surface area contributed by atoms with Crippen LogP contribution in [0.15, 0.2) is 0 Å². The van der Waals surface area contributed by atoms with Gasteiger partial charge in [0, 0.05) is 26.2 Å². The molecular weight excluding hydrogens is 164 g/mol. The average molecular weight is 184 g/mol. The smallest absolute Gasteiger partial charge is 0.148 e. The van der Waals surface area contributed by atoms with Crippen molar-refractivity contribution in [2.45, 2.75) is 26.8 Å². The van der Waals surface area contributed by atoms with E-state index in [1.165, 1.54) is 0 Å². The van der Waals surface area contributed by atoms with Crippen molar-refractivity contribution < 1.29 is 4.79 Å². The van der Waals surface area contributed by atoms with Crippen LogP contribution in [0, 0.1) is 5.92 Å². The summed E-state index contributed by atoms with van der Waals surface area (Å²) in [5.41, 5.74) is 0. The summed E-state index contributed by atoms with van der Waals surface area (Å²) in [7, 11) is 0. The van der Waals surface area contributed by atoms with Crippen LogP contribution < -0.4 is 5.32 Å². The topological polar surface area (TPSA) is 32.3 Å². The Morgan fingerprint density at radius 2 is 2.31 bits per heavy atom. The zero-order chi connectivity index (χ0) is 9.84. The van der Waals surface area contributed by atoms with Gasteiger partial charge in [-0.15, -0.1) is 0 Å². The van der Waals surface area contributed by atoms with Gasteiger partial charge in [-0.2, -0.15) is 0 Å². The molecule has 1 N–H and O–H groups in total. The summed E-state index contributed by atoms with van der Waals surface area (Å²) in [6, 6.07) is 0.108. The summed E-state index contributed by atoms with van der Waals surface area (Å²) in [6.45, 7) is 9.94.